The van der Waals surface area contributed by atoms with Crippen molar-refractivity contribution in [3.8, 4) is 23.3 Å². The number of hydrogen-bond donors (Lipinski definition) is 1. The summed E-state index contributed by atoms with van der Waals surface area (Å²) in [6.45, 7) is 1.20. The maximum atomic E-state index is 13.1. The van der Waals surface area contributed by atoms with Gasteiger partial charge in [0.05, 0.1) is 39.2 Å². The zero-order valence-corrected chi connectivity index (χ0v) is 18.5. The van der Waals surface area contributed by atoms with Crippen molar-refractivity contribution in [3.05, 3.63) is 52.5 Å². The summed E-state index contributed by atoms with van der Waals surface area (Å²) in [7, 11) is 4.64. The third-order valence-electron chi connectivity index (χ3n) is 5.51. The molecule has 162 valence electrons. The third kappa shape index (κ3) is 3.96. The molecule has 1 amide bonds. The summed E-state index contributed by atoms with van der Waals surface area (Å²) >= 11 is 1.54. The van der Waals surface area contributed by atoms with Crippen LogP contribution in [0.5, 0.6) is 17.2 Å². The Balaban J connectivity index is 1.67. The summed E-state index contributed by atoms with van der Waals surface area (Å²) in [4.78, 5) is 16.0. The molecule has 0 radical (unpaired) electrons. The molecule has 4 rings (SSSR count). The van der Waals surface area contributed by atoms with Crippen molar-refractivity contribution in [2.24, 2.45) is 0 Å². The number of hydrogen-bond acceptors (Lipinski definition) is 7. The topological polar surface area (TPSA) is 89.4 Å². The van der Waals surface area contributed by atoms with Crippen LogP contribution in [0.15, 0.2) is 45.5 Å². The minimum absolute atomic E-state index is 0.00287. The van der Waals surface area contributed by atoms with Crippen LogP contribution in [-0.4, -0.2) is 44.7 Å². The second-order valence-corrected chi connectivity index (χ2v) is 8.28. The van der Waals surface area contributed by atoms with Gasteiger partial charge in [-0.25, -0.2) is 0 Å². The van der Waals surface area contributed by atoms with Gasteiger partial charge < -0.3 is 23.5 Å². The van der Waals surface area contributed by atoms with E-state index < -0.39 is 0 Å². The highest BCUT2D eigenvalue weighted by Crippen LogP contribution is 2.45. The fraction of sp³-hybridized carbons (Fsp3) is 0.364. The molecule has 1 N–H and O–H groups in total. The van der Waals surface area contributed by atoms with Gasteiger partial charge in [0.1, 0.15) is 17.5 Å². The van der Waals surface area contributed by atoms with E-state index in [4.69, 9.17) is 18.6 Å². The molecule has 8 nitrogen and oxygen atoms in total. The van der Waals surface area contributed by atoms with Gasteiger partial charge in [-0.1, -0.05) is 0 Å². The standard InChI is InChI=1S/C22H23N3O5S/c1-27-18-7-14(8-19(28-2)21(18)29-3)16-9-20(26)25-12-24(11-15-5-4-6-30-15)13-31-22(25)17(16)10-23/h4-8,16H,9,11-13H2,1-3H3/p+1/t16-/m1/s1. The number of ether oxygens (including phenoxy) is 3. The average molecular weight is 443 g/mol. The molecule has 2 aromatic rings. The van der Waals surface area contributed by atoms with Crippen molar-refractivity contribution < 1.29 is 28.3 Å². The van der Waals surface area contributed by atoms with Gasteiger partial charge in [-0.15, -0.1) is 0 Å². The molecule has 0 aliphatic carbocycles. The van der Waals surface area contributed by atoms with E-state index >= 15 is 0 Å². The van der Waals surface area contributed by atoms with Crippen molar-refractivity contribution >= 4 is 17.7 Å². The van der Waals surface area contributed by atoms with E-state index in [-0.39, 0.29) is 18.2 Å². The number of benzene rings is 1. The van der Waals surface area contributed by atoms with Crippen LogP contribution in [0.1, 0.15) is 23.7 Å². The number of carbonyl (C=O) groups is 1. The van der Waals surface area contributed by atoms with Gasteiger partial charge in [-0.2, -0.15) is 5.26 Å². The number of fused-ring (bicyclic) bond motifs is 1. The number of carbonyl (C=O) groups excluding carboxylic acids is 1. The van der Waals surface area contributed by atoms with Crippen molar-refractivity contribution in [3.63, 3.8) is 0 Å². The molecule has 1 fully saturated rings. The molecule has 2 atom stereocenters. The summed E-state index contributed by atoms with van der Waals surface area (Å²) in [6.07, 6.45) is 1.86. The lowest BCUT2D eigenvalue weighted by Gasteiger charge is -2.38. The summed E-state index contributed by atoms with van der Waals surface area (Å²) in [5, 5.41) is 10.7. The number of thioether (sulfide) groups is 1. The molecule has 31 heavy (non-hydrogen) atoms. The van der Waals surface area contributed by atoms with Gasteiger partial charge in [0.25, 0.3) is 0 Å². The minimum Gasteiger partial charge on any atom is -0.493 e. The molecule has 0 spiro atoms. The fourth-order valence-electron chi connectivity index (χ4n) is 4.03. The number of methoxy groups -OCH3 is 3. The first-order chi connectivity index (χ1) is 15.1. The number of furan rings is 1. The summed E-state index contributed by atoms with van der Waals surface area (Å²) in [6, 6.07) is 9.78. The van der Waals surface area contributed by atoms with Crippen molar-refractivity contribution in [2.45, 2.75) is 18.9 Å². The smallest absolute Gasteiger partial charge is 0.232 e. The van der Waals surface area contributed by atoms with Crippen molar-refractivity contribution in [2.75, 3.05) is 33.9 Å². The number of rotatable bonds is 6. The Morgan fingerprint density at radius 3 is 2.58 bits per heavy atom. The quantitative estimate of drug-likeness (QED) is 0.733. The molecule has 3 heterocycles. The molecule has 1 aromatic carbocycles. The first kappa shape index (κ1) is 21.2. The van der Waals surface area contributed by atoms with Gasteiger partial charge in [0.15, 0.2) is 23.9 Å². The van der Waals surface area contributed by atoms with E-state index in [0.29, 0.717) is 36.0 Å². The molecule has 1 aromatic heterocycles. The molecule has 9 heteroatoms. The van der Waals surface area contributed by atoms with Crippen LogP contribution in [-0.2, 0) is 11.3 Å². The van der Waals surface area contributed by atoms with Crippen LogP contribution in [0, 0.1) is 11.3 Å². The van der Waals surface area contributed by atoms with E-state index in [1.807, 2.05) is 24.3 Å². The molecular formula is C22H24N3O5S+. The summed E-state index contributed by atoms with van der Waals surface area (Å²) in [5.41, 5.74) is 1.38. The second-order valence-electron chi connectivity index (χ2n) is 7.32. The first-order valence-electron chi connectivity index (χ1n) is 9.82. The maximum absolute atomic E-state index is 13.1. The summed E-state index contributed by atoms with van der Waals surface area (Å²) < 4.78 is 21.8. The van der Waals surface area contributed by atoms with Gasteiger partial charge in [-0.05, 0) is 41.6 Å². The van der Waals surface area contributed by atoms with Crippen molar-refractivity contribution in [1.82, 2.24) is 4.90 Å². The van der Waals surface area contributed by atoms with E-state index in [9.17, 15) is 10.1 Å². The van der Waals surface area contributed by atoms with Crippen LogP contribution < -0.4 is 19.1 Å². The Morgan fingerprint density at radius 2 is 2.00 bits per heavy atom. The average Bonchev–Trinajstić information content (AvgIpc) is 3.31. The normalized spacial score (nSPS) is 20.8. The number of nitrogens with zero attached hydrogens (tertiary/aromatic N) is 2. The van der Waals surface area contributed by atoms with Gasteiger partial charge >= 0.3 is 0 Å². The molecule has 0 saturated carbocycles. The molecule has 2 aliphatic rings. The highest BCUT2D eigenvalue weighted by molar-refractivity contribution is 8.02. The second kappa shape index (κ2) is 8.96. The molecule has 1 unspecified atom stereocenters. The van der Waals surface area contributed by atoms with Gasteiger partial charge in [0, 0.05) is 12.3 Å². The predicted molar refractivity (Wildman–Crippen MR) is 114 cm³/mol. The largest absolute Gasteiger partial charge is 0.493 e. The summed E-state index contributed by atoms with van der Waals surface area (Å²) in [5.74, 6) is 2.73. The maximum Gasteiger partial charge on any atom is 0.232 e. The predicted octanol–water partition coefficient (Wildman–Crippen LogP) is 2.10. The number of nitriles is 1. The number of quaternary nitrogens is 1. The van der Waals surface area contributed by atoms with E-state index in [1.54, 1.807) is 32.5 Å². The highest BCUT2D eigenvalue weighted by atomic mass is 32.2. The Morgan fingerprint density at radius 1 is 1.26 bits per heavy atom. The number of amides is 1. The van der Waals surface area contributed by atoms with Crippen LogP contribution in [0.25, 0.3) is 0 Å². The molecule has 2 aliphatic heterocycles. The minimum atomic E-state index is -0.364. The Labute approximate surface area is 184 Å². The molecule has 0 bridgehead atoms. The first-order valence-corrected chi connectivity index (χ1v) is 10.8. The van der Waals surface area contributed by atoms with E-state index in [1.165, 1.54) is 16.7 Å². The van der Waals surface area contributed by atoms with Crippen LogP contribution >= 0.6 is 11.8 Å². The van der Waals surface area contributed by atoms with E-state index in [2.05, 4.69) is 6.07 Å². The van der Waals surface area contributed by atoms with Crippen LogP contribution in [0.3, 0.4) is 0 Å². The third-order valence-corrected chi connectivity index (χ3v) is 6.78. The monoisotopic (exact) mass is 442 g/mol. The van der Waals surface area contributed by atoms with Crippen molar-refractivity contribution in [1.29, 1.82) is 5.26 Å². The lowest BCUT2D eigenvalue weighted by Crippen LogP contribution is -3.12. The highest BCUT2D eigenvalue weighted by Gasteiger charge is 2.40. The Kier molecular flexibility index (Phi) is 6.11. The van der Waals surface area contributed by atoms with Crippen LogP contribution in [0.2, 0.25) is 0 Å². The molecular weight excluding hydrogens is 418 g/mol. The zero-order valence-electron chi connectivity index (χ0n) is 17.6. The number of nitrogens with one attached hydrogen (secondary N) is 1. The van der Waals surface area contributed by atoms with E-state index in [0.717, 1.165) is 22.2 Å². The van der Waals surface area contributed by atoms with Gasteiger partial charge in [0.2, 0.25) is 11.7 Å². The molecule has 1 saturated heterocycles. The lowest BCUT2D eigenvalue weighted by molar-refractivity contribution is -0.911. The Hall–Kier alpha value is -3.09. The zero-order chi connectivity index (χ0) is 22.0. The number of allylic oxidation sites excluding steroid dienone is 1. The lowest BCUT2D eigenvalue weighted by atomic mass is 9.86. The Bertz CT molecular complexity index is 1020. The SMILES string of the molecule is COc1cc([C@H]2CC(=O)N3C[NH+](Cc4ccco4)CSC3=C2C#N)cc(OC)c1OC. The fourth-order valence-corrected chi connectivity index (χ4v) is 5.23. The van der Waals surface area contributed by atoms with Gasteiger partial charge in [-0.3, -0.25) is 9.69 Å². The van der Waals surface area contributed by atoms with Crippen LogP contribution in [0.4, 0.5) is 0 Å².